The lowest BCUT2D eigenvalue weighted by Crippen LogP contribution is -2.26. The Bertz CT molecular complexity index is 1200. The Kier molecular flexibility index (Phi) is 8.28. The number of aliphatic carboxylic acids is 1. The summed E-state index contributed by atoms with van der Waals surface area (Å²) in [4.78, 5) is 22.7. The van der Waals surface area contributed by atoms with E-state index >= 15 is 0 Å². The number of carbonyl (C=O) groups is 2. The first-order chi connectivity index (χ1) is 17.0. The van der Waals surface area contributed by atoms with Crippen LogP contribution in [0.25, 0.3) is 5.69 Å². The first-order valence-corrected chi connectivity index (χ1v) is 10.9. The standard InChI is InChI=1S/C24H22F5N3O4/c1-2-3-20(14-4-6-15(7-5-14)23(35)30-9-8-21(33)34)36-17-10-18(25)22(19(26)11-17)32-13-16(12-31-32)24(27,28)29/h4-7,10-13,20H,2-3,8-9H2,1H3,(H,30,35)(H,33,34). The van der Waals surface area contributed by atoms with Crippen LogP contribution in [0.1, 0.15) is 53.8 Å². The lowest BCUT2D eigenvalue weighted by molar-refractivity contribution is -0.138. The summed E-state index contributed by atoms with van der Waals surface area (Å²) in [7, 11) is 0. The Balaban J connectivity index is 1.77. The van der Waals surface area contributed by atoms with Crippen molar-refractivity contribution in [2.45, 2.75) is 38.5 Å². The number of rotatable bonds is 10. The van der Waals surface area contributed by atoms with Crippen LogP contribution in [0.4, 0.5) is 22.0 Å². The number of hydrogen-bond acceptors (Lipinski definition) is 4. The Morgan fingerprint density at radius 3 is 2.31 bits per heavy atom. The molecule has 36 heavy (non-hydrogen) atoms. The summed E-state index contributed by atoms with van der Waals surface area (Å²) in [6.07, 6.45) is -3.49. The van der Waals surface area contributed by atoms with Gasteiger partial charge < -0.3 is 15.2 Å². The van der Waals surface area contributed by atoms with E-state index in [-0.39, 0.29) is 18.7 Å². The molecule has 0 radical (unpaired) electrons. The molecule has 0 aliphatic heterocycles. The second-order valence-electron chi connectivity index (χ2n) is 7.82. The van der Waals surface area contributed by atoms with Crippen molar-refractivity contribution >= 4 is 11.9 Å². The fourth-order valence-electron chi connectivity index (χ4n) is 3.37. The Labute approximate surface area is 202 Å². The molecule has 192 valence electrons. The van der Waals surface area contributed by atoms with Gasteiger partial charge in [0, 0.05) is 30.4 Å². The van der Waals surface area contributed by atoms with Gasteiger partial charge in [0.25, 0.3) is 5.91 Å². The summed E-state index contributed by atoms with van der Waals surface area (Å²) >= 11 is 0. The maximum Gasteiger partial charge on any atom is 0.419 e. The second kappa shape index (κ2) is 11.2. The van der Waals surface area contributed by atoms with E-state index in [1.165, 1.54) is 12.1 Å². The zero-order chi connectivity index (χ0) is 26.5. The lowest BCUT2D eigenvalue weighted by atomic mass is 10.0. The van der Waals surface area contributed by atoms with Crippen molar-refractivity contribution in [2.75, 3.05) is 6.54 Å². The molecular weight excluding hydrogens is 489 g/mol. The molecule has 0 bridgehead atoms. The van der Waals surface area contributed by atoms with Crippen molar-refractivity contribution in [1.29, 1.82) is 0 Å². The van der Waals surface area contributed by atoms with Gasteiger partial charge >= 0.3 is 12.1 Å². The lowest BCUT2D eigenvalue weighted by Gasteiger charge is -2.20. The molecule has 7 nitrogen and oxygen atoms in total. The Morgan fingerprint density at radius 2 is 1.78 bits per heavy atom. The SMILES string of the molecule is CCCC(Oc1cc(F)c(-n2cc(C(F)(F)F)cn2)c(F)c1)c1ccc(C(=O)NCCC(=O)O)cc1. The third-order valence-electron chi connectivity index (χ3n) is 5.13. The van der Waals surface area contributed by atoms with Crippen LogP contribution in [0.15, 0.2) is 48.8 Å². The monoisotopic (exact) mass is 511 g/mol. The smallest absolute Gasteiger partial charge is 0.419 e. The van der Waals surface area contributed by atoms with Crippen LogP contribution in [-0.4, -0.2) is 33.3 Å². The summed E-state index contributed by atoms with van der Waals surface area (Å²) in [6.45, 7) is 1.85. The minimum Gasteiger partial charge on any atom is -0.486 e. The molecule has 1 amide bonds. The molecule has 2 N–H and O–H groups in total. The number of ether oxygens (including phenoxy) is 1. The summed E-state index contributed by atoms with van der Waals surface area (Å²) in [5.74, 6) is -3.99. The van der Waals surface area contributed by atoms with Crippen LogP contribution >= 0.6 is 0 Å². The molecule has 3 rings (SSSR count). The number of benzene rings is 2. The van der Waals surface area contributed by atoms with E-state index in [0.29, 0.717) is 41.0 Å². The van der Waals surface area contributed by atoms with Gasteiger partial charge in [-0.05, 0) is 24.1 Å². The van der Waals surface area contributed by atoms with Crippen molar-refractivity contribution in [2.24, 2.45) is 0 Å². The normalized spacial score (nSPS) is 12.3. The Morgan fingerprint density at radius 1 is 1.14 bits per heavy atom. The van der Waals surface area contributed by atoms with Crippen LogP contribution in [0.2, 0.25) is 0 Å². The summed E-state index contributed by atoms with van der Waals surface area (Å²) in [5, 5.41) is 14.5. The van der Waals surface area contributed by atoms with Crippen molar-refractivity contribution in [3.8, 4) is 11.4 Å². The highest BCUT2D eigenvalue weighted by molar-refractivity contribution is 5.94. The minimum absolute atomic E-state index is 0.0271. The molecule has 1 heterocycles. The number of nitrogens with zero attached hydrogens (tertiary/aromatic N) is 2. The summed E-state index contributed by atoms with van der Waals surface area (Å²) in [5.41, 5.74) is -1.02. The third kappa shape index (κ3) is 6.58. The largest absolute Gasteiger partial charge is 0.486 e. The van der Waals surface area contributed by atoms with Gasteiger partial charge in [0.15, 0.2) is 11.6 Å². The molecule has 12 heteroatoms. The zero-order valence-corrected chi connectivity index (χ0v) is 19.0. The molecule has 2 aromatic carbocycles. The fraction of sp³-hybridized carbons (Fsp3) is 0.292. The van der Waals surface area contributed by atoms with Crippen LogP contribution < -0.4 is 10.1 Å². The van der Waals surface area contributed by atoms with Gasteiger partial charge in [-0.1, -0.05) is 25.5 Å². The molecule has 1 aromatic heterocycles. The number of nitrogens with one attached hydrogen (secondary N) is 1. The van der Waals surface area contributed by atoms with Gasteiger partial charge in [0.05, 0.1) is 18.2 Å². The molecule has 1 unspecified atom stereocenters. The number of halogens is 5. The maximum absolute atomic E-state index is 14.7. The highest BCUT2D eigenvalue weighted by Gasteiger charge is 2.33. The average molecular weight is 511 g/mol. The van der Waals surface area contributed by atoms with E-state index in [9.17, 15) is 31.5 Å². The Hall–Kier alpha value is -3.96. The number of carboxylic acid groups (broad SMARTS) is 1. The van der Waals surface area contributed by atoms with Gasteiger partial charge in [-0.2, -0.15) is 18.3 Å². The molecule has 0 spiro atoms. The molecule has 0 aliphatic carbocycles. The number of hydrogen-bond donors (Lipinski definition) is 2. The van der Waals surface area contributed by atoms with Crippen LogP contribution in [0, 0.1) is 11.6 Å². The highest BCUT2D eigenvalue weighted by atomic mass is 19.4. The average Bonchev–Trinajstić information content (AvgIpc) is 3.28. The van der Waals surface area contributed by atoms with E-state index in [4.69, 9.17) is 9.84 Å². The quantitative estimate of drug-likeness (QED) is 0.361. The topological polar surface area (TPSA) is 93.5 Å². The van der Waals surface area contributed by atoms with Crippen molar-refractivity contribution in [3.05, 3.63) is 77.1 Å². The minimum atomic E-state index is -4.71. The van der Waals surface area contributed by atoms with E-state index in [2.05, 4.69) is 10.4 Å². The molecular formula is C24H22F5N3O4. The predicted octanol–water partition coefficient (Wildman–Crippen LogP) is 5.29. The van der Waals surface area contributed by atoms with Crippen LogP contribution in [-0.2, 0) is 11.0 Å². The maximum atomic E-state index is 14.7. The predicted molar refractivity (Wildman–Crippen MR) is 118 cm³/mol. The number of alkyl halides is 3. The van der Waals surface area contributed by atoms with E-state index < -0.39 is 47.0 Å². The number of aromatic nitrogens is 2. The zero-order valence-electron chi connectivity index (χ0n) is 19.0. The molecule has 3 aromatic rings. The fourth-order valence-corrected chi connectivity index (χ4v) is 3.37. The van der Waals surface area contributed by atoms with E-state index in [0.717, 1.165) is 12.1 Å². The van der Waals surface area contributed by atoms with E-state index in [1.807, 2.05) is 6.92 Å². The molecule has 0 saturated carbocycles. The second-order valence-corrected chi connectivity index (χ2v) is 7.82. The number of carboxylic acids is 1. The first-order valence-electron chi connectivity index (χ1n) is 10.9. The molecule has 1 atom stereocenters. The summed E-state index contributed by atoms with van der Waals surface area (Å²) in [6, 6.07) is 7.96. The van der Waals surface area contributed by atoms with Crippen molar-refractivity contribution in [3.63, 3.8) is 0 Å². The first kappa shape index (κ1) is 26.6. The summed E-state index contributed by atoms with van der Waals surface area (Å²) < 4.78 is 74.1. The molecule has 0 saturated heterocycles. The van der Waals surface area contributed by atoms with Gasteiger partial charge in [0.1, 0.15) is 17.5 Å². The van der Waals surface area contributed by atoms with Gasteiger partial charge in [-0.3, -0.25) is 9.59 Å². The van der Waals surface area contributed by atoms with Crippen molar-refractivity contribution < 1.29 is 41.4 Å². The number of amides is 1. The highest BCUT2D eigenvalue weighted by Crippen LogP contribution is 2.32. The van der Waals surface area contributed by atoms with Gasteiger partial charge in [-0.25, -0.2) is 13.5 Å². The van der Waals surface area contributed by atoms with Crippen LogP contribution in [0.5, 0.6) is 5.75 Å². The molecule has 0 aliphatic rings. The van der Waals surface area contributed by atoms with Gasteiger partial charge in [0.2, 0.25) is 0 Å². The van der Waals surface area contributed by atoms with Crippen molar-refractivity contribution in [1.82, 2.24) is 15.1 Å². The van der Waals surface area contributed by atoms with E-state index in [1.54, 1.807) is 12.1 Å². The van der Waals surface area contributed by atoms with Crippen LogP contribution in [0.3, 0.4) is 0 Å². The number of carbonyl (C=O) groups excluding carboxylic acids is 1. The third-order valence-corrected chi connectivity index (χ3v) is 5.13. The molecule has 0 fully saturated rings. The van der Waals surface area contributed by atoms with Gasteiger partial charge in [-0.15, -0.1) is 0 Å².